The molecule has 0 saturated carbocycles. The van der Waals surface area contributed by atoms with E-state index in [1.807, 2.05) is 11.8 Å². The van der Waals surface area contributed by atoms with E-state index < -0.39 is 0 Å². The predicted molar refractivity (Wildman–Crippen MR) is 82.6 cm³/mol. The predicted octanol–water partition coefficient (Wildman–Crippen LogP) is 1.97. The van der Waals surface area contributed by atoms with E-state index in [0.717, 1.165) is 37.8 Å². The van der Waals surface area contributed by atoms with Crippen molar-refractivity contribution in [1.82, 2.24) is 10.6 Å². The first-order valence-corrected chi connectivity index (χ1v) is 8.19. The summed E-state index contributed by atoms with van der Waals surface area (Å²) in [5.74, 6) is 2.69. The van der Waals surface area contributed by atoms with E-state index >= 15 is 0 Å². The highest BCUT2D eigenvalue weighted by molar-refractivity contribution is 7.98. The maximum absolute atomic E-state index is 5.53. The highest BCUT2D eigenvalue weighted by Gasteiger charge is 1.96. The van der Waals surface area contributed by atoms with Crippen molar-refractivity contribution >= 4 is 17.7 Å². The Morgan fingerprint density at radius 1 is 1.28 bits per heavy atom. The Kier molecular flexibility index (Phi) is 12.7. The molecule has 108 valence electrons. The normalized spacial score (nSPS) is 11.9. The second-order valence-electron chi connectivity index (χ2n) is 4.48. The van der Waals surface area contributed by atoms with Crippen molar-refractivity contribution < 1.29 is 4.74 Å². The van der Waals surface area contributed by atoms with Crippen LogP contribution in [0.25, 0.3) is 0 Å². The fourth-order valence-corrected chi connectivity index (χ4v) is 1.56. The van der Waals surface area contributed by atoms with Crippen molar-refractivity contribution in [2.75, 3.05) is 44.9 Å². The van der Waals surface area contributed by atoms with Crippen LogP contribution in [-0.4, -0.2) is 50.8 Å². The lowest BCUT2D eigenvalue weighted by Gasteiger charge is -2.10. The van der Waals surface area contributed by atoms with Gasteiger partial charge in [0.05, 0.1) is 13.2 Å². The largest absolute Gasteiger partial charge is 0.380 e. The molecule has 0 aliphatic carbocycles. The van der Waals surface area contributed by atoms with Gasteiger partial charge in [-0.15, -0.1) is 0 Å². The van der Waals surface area contributed by atoms with Gasteiger partial charge < -0.3 is 15.4 Å². The number of guanidine groups is 1. The van der Waals surface area contributed by atoms with Gasteiger partial charge >= 0.3 is 0 Å². The van der Waals surface area contributed by atoms with Crippen LogP contribution >= 0.6 is 11.8 Å². The molecule has 18 heavy (non-hydrogen) atoms. The highest BCUT2D eigenvalue weighted by atomic mass is 32.2. The molecule has 5 heteroatoms. The molecule has 0 atom stereocenters. The van der Waals surface area contributed by atoms with Gasteiger partial charge in [0.25, 0.3) is 0 Å². The Morgan fingerprint density at radius 2 is 2.06 bits per heavy atom. The second kappa shape index (κ2) is 13.0. The summed E-state index contributed by atoms with van der Waals surface area (Å²) in [4.78, 5) is 4.46. The highest BCUT2D eigenvalue weighted by Crippen LogP contribution is 1.98. The van der Waals surface area contributed by atoms with E-state index in [0.29, 0.717) is 19.1 Å². The van der Waals surface area contributed by atoms with Crippen molar-refractivity contribution in [2.24, 2.45) is 10.9 Å². The Labute approximate surface area is 116 Å². The number of ether oxygens (including phenoxy) is 1. The molecule has 0 radical (unpaired) electrons. The molecular formula is C13H29N3OS. The maximum Gasteiger partial charge on any atom is 0.191 e. The van der Waals surface area contributed by atoms with Crippen LogP contribution in [0.15, 0.2) is 4.99 Å². The van der Waals surface area contributed by atoms with E-state index in [1.54, 1.807) is 0 Å². The first kappa shape index (κ1) is 17.6. The SMILES string of the molecule is CCNC(=NCCOCCC(C)C)NCCSC. The maximum atomic E-state index is 5.53. The van der Waals surface area contributed by atoms with Crippen LogP contribution in [0.5, 0.6) is 0 Å². The minimum Gasteiger partial charge on any atom is -0.380 e. The molecule has 0 aromatic carbocycles. The van der Waals surface area contributed by atoms with Gasteiger partial charge in [0.15, 0.2) is 5.96 Å². The number of hydrogen-bond donors (Lipinski definition) is 2. The van der Waals surface area contributed by atoms with Gasteiger partial charge in [-0.2, -0.15) is 11.8 Å². The Morgan fingerprint density at radius 3 is 2.67 bits per heavy atom. The summed E-state index contributed by atoms with van der Waals surface area (Å²) >= 11 is 1.83. The summed E-state index contributed by atoms with van der Waals surface area (Å²) < 4.78 is 5.53. The van der Waals surface area contributed by atoms with Crippen molar-refractivity contribution in [1.29, 1.82) is 0 Å². The number of aliphatic imine (C=N–C) groups is 1. The molecule has 0 aromatic heterocycles. The third-order valence-corrected chi connectivity index (χ3v) is 2.90. The topological polar surface area (TPSA) is 45.7 Å². The minimum atomic E-state index is 0.700. The summed E-state index contributed by atoms with van der Waals surface area (Å²) in [6.07, 6.45) is 3.23. The molecule has 0 spiro atoms. The summed E-state index contributed by atoms with van der Waals surface area (Å²) in [6, 6.07) is 0. The Hall–Kier alpha value is -0.420. The van der Waals surface area contributed by atoms with E-state index in [2.05, 4.69) is 42.7 Å². The first-order valence-electron chi connectivity index (χ1n) is 6.79. The monoisotopic (exact) mass is 275 g/mol. The fourth-order valence-electron chi connectivity index (χ4n) is 1.26. The Balaban J connectivity index is 3.65. The molecule has 2 N–H and O–H groups in total. The van der Waals surface area contributed by atoms with Crippen LogP contribution in [0.3, 0.4) is 0 Å². The number of nitrogens with one attached hydrogen (secondary N) is 2. The molecule has 0 unspecified atom stereocenters. The number of nitrogens with zero attached hydrogens (tertiary/aromatic N) is 1. The van der Waals surface area contributed by atoms with E-state index in [9.17, 15) is 0 Å². The van der Waals surface area contributed by atoms with E-state index in [1.165, 1.54) is 0 Å². The van der Waals surface area contributed by atoms with Gasteiger partial charge in [-0.1, -0.05) is 13.8 Å². The number of rotatable bonds is 10. The molecule has 4 nitrogen and oxygen atoms in total. The van der Waals surface area contributed by atoms with E-state index in [-0.39, 0.29) is 0 Å². The van der Waals surface area contributed by atoms with Crippen LogP contribution in [0.4, 0.5) is 0 Å². The zero-order valence-corrected chi connectivity index (χ0v) is 13.1. The molecule has 0 saturated heterocycles. The van der Waals surface area contributed by atoms with Gasteiger partial charge in [0, 0.05) is 25.4 Å². The average molecular weight is 275 g/mol. The lowest BCUT2D eigenvalue weighted by Crippen LogP contribution is -2.38. The third-order valence-electron chi connectivity index (χ3n) is 2.29. The summed E-state index contributed by atoms with van der Waals surface area (Å²) in [5.41, 5.74) is 0. The van der Waals surface area contributed by atoms with Crippen molar-refractivity contribution in [3.63, 3.8) is 0 Å². The molecule has 0 fully saturated rings. The zero-order valence-electron chi connectivity index (χ0n) is 12.3. The molecule has 0 rings (SSSR count). The first-order chi connectivity index (χ1) is 8.70. The quantitative estimate of drug-likeness (QED) is 0.363. The van der Waals surface area contributed by atoms with Crippen LogP contribution < -0.4 is 10.6 Å². The van der Waals surface area contributed by atoms with Gasteiger partial charge in [0.2, 0.25) is 0 Å². The summed E-state index contributed by atoms with van der Waals surface area (Å²) in [5, 5.41) is 6.52. The molecule has 0 bridgehead atoms. The van der Waals surface area contributed by atoms with Crippen LogP contribution in [-0.2, 0) is 4.74 Å². The summed E-state index contributed by atoms with van der Waals surface area (Å²) in [7, 11) is 0. The lowest BCUT2D eigenvalue weighted by atomic mass is 10.1. The molecule has 0 amide bonds. The summed E-state index contributed by atoms with van der Waals surface area (Å²) in [6.45, 7) is 10.6. The number of hydrogen-bond acceptors (Lipinski definition) is 3. The van der Waals surface area contributed by atoms with Gasteiger partial charge in [-0.3, -0.25) is 4.99 Å². The minimum absolute atomic E-state index is 0.700. The van der Waals surface area contributed by atoms with Gasteiger partial charge in [0.1, 0.15) is 0 Å². The molecular weight excluding hydrogens is 246 g/mol. The molecule has 0 heterocycles. The molecule has 0 aliphatic rings. The number of thioether (sulfide) groups is 1. The van der Waals surface area contributed by atoms with Crippen LogP contribution in [0.2, 0.25) is 0 Å². The van der Waals surface area contributed by atoms with Crippen LogP contribution in [0, 0.1) is 5.92 Å². The second-order valence-corrected chi connectivity index (χ2v) is 5.46. The van der Waals surface area contributed by atoms with Gasteiger partial charge in [-0.25, -0.2) is 0 Å². The van der Waals surface area contributed by atoms with Crippen molar-refractivity contribution in [3.8, 4) is 0 Å². The smallest absolute Gasteiger partial charge is 0.191 e. The third kappa shape index (κ3) is 12.0. The van der Waals surface area contributed by atoms with Crippen molar-refractivity contribution in [2.45, 2.75) is 27.2 Å². The average Bonchev–Trinajstić information content (AvgIpc) is 2.33. The fraction of sp³-hybridized carbons (Fsp3) is 0.923. The van der Waals surface area contributed by atoms with Crippen LogP contribution in [0.1, 0.15) is 27.2 Å². The molecule has 0 aliphatic heterocycles. The Bertz CT molecular complexity index is 210. The zero-order chi connectivity index (χ0) is 13.6. The van der Waals surface area contributed by atoms with Gasteiger partial charge in [-0.05, 0) is 25.5 Å². The van der Waals surface area contributed by atoms with Crippen molar-refractivity contribution in [3.05, 3.63) is 0 Å². The molecule has 0 aromatic rings. The van der Waals surface area contributed by atoms with E-state index in [4.69, 9.17) is 4.74 Å². The lowest BCUT2D eigenvalue weighted by molar-refractivity contribution is 0.130. The standard InChI is InChI=1S/C13H29N3OS/c1-5-14-13(16-8-11-18-4)15-7-10-17-9-6-12(2)3/h12H,5-11H2,1-4H3,(H2,14,15,16).